The minimum Gasteiger partial charge on any atom is -0.377 e. The molecule has 2 rings (SSSR count). The number of halogens is 1. The van der Waals surface area contributed by atoms with Crippen LogP contribution in [0.5, 0.6) is 0 Å². The van der Waals surface area contributed by atoms with Crippen molar-refractivity contribution in [2.45, 2.75) is 32.7 Å². The van der Waals surface area contributed by atoms with Crippen LogP contribution in [-0.2, 0) is 4.74 Å². The second-order valence-corrected chi connectivity index (χ2v) is 5.66. The number of rotatable bonds is 5. The number of nitrogens with one attached hydrogen (secondary N) is 2. The van der Waals surface area contributed by atoms with Gasteiger partial charge in [-0.1, -0.05) is 35.9 Å². The van der Waals surface area contributed by atoms with Gasteiger partial charge < -0.3 is 15.4 Å². The van der Waals surface area contributed by atoms with Crippen molar-refractivity contribution in [3.05, 3.63) is 47.0 Å². The molecule has 0 fully saturated rings. The van der Waals surface area contributed by atoms with Crippen LogP contribution in [0, 0.1) is 6.92 Å². The number of aliphatic imine (C=N–C) groups is 1. The second-order valence-electron chi connectivity index (χ2n) is 5.66. The highest BCUT2D eigenvalue weighted by Crippen LogP contribution is 2.16. The fourth-order valence-electron chi connectivity index (χ4n) is 2.68. The molecule has 0 saturated carbocycles. The van der Waals surface area contributed by atoms with Crippen molar-refractivity contribution >= 4 is 29.9 Å². The smallest absolute Gasteiger partial charge is 0.191 e. The van der Waals surface area contributed by atoms with Gasteiger partial charge in [0.1, 0.15) is 0 Å². The normalized spacial score (nSPS) is 16.1. The van der Waals surface area contributed by atoms with E-state index >= 15 is 0 Å². The average molecular weight is 429 g/mol. The van der Waals surface area contributed by atoms with Gasteiger partial charge in [-0.05, 0) is 37.8 Å². The molecule has 0 aromatic heterocycles. The van der Waals surface area contributed by atoms with E-state index < -0.39 is 0 Å². The lowest BCUT2D eigenvalue weighted by Crippen LogP contribution is -2.39. The second kappa shape index (κ2) is 10.6. The van der Waals surface area contributed by atoms with Gasteiger partial charge in [0.25, 0.3) is 0 Å². The Labute approximate surface area is 156 Å². The van der Waals surface area contributed by atoms with Gasteiger partial charge in [0.15, 0.2) is 5.96 Å². The van der Waals surface area contributed by atoms with Crippen molar-refractivity contribution in [2.24, 2.45) is 4.99 Å². The third-order valence-corrected chi connectivity index (χ3v) is 4.03. The lowest BCUT2D eigenvalue weighted by Gasteiger charge is -2.20. The van der Waals surface area contributed by atoms with E-state index in [1.165, 1.54) is 16.7 Å². The van der Waals surface area contributed by atoms with Crippen LogP contribution in [-0.4, -0.2) is 32.8 Å². The molecule has 1 aliphatic rings. The topological polar surface area (TPSA) is 45.7 Å². The van der Waals surface area contributed by atoms with E-state index in [0.717, 1.165) is 38.6 Å². The third kappa shape index (κ3) is 6.51. The molecule has 1 aromatic carbocycles. The molecule has 4 nitrogen and oxygen atoms in total. The summed E-state index contributed by atoms with van der Waals surface area (Å²) in [6, 6.07) is 8.68. The predicted octanol–water partition coefficient (Wildman–Crippen LogP) is 3.58. The van der Waals surface area contributed by atoms with Crippen LogP contribution in [0.15, 0.2) is 40.9 Å². The van der Waals surface area contributed by atoms with E-state index in [4.69, 9.17) is 4.74 Å². The van der Waals surface area contributed by atoms with Gasteiger partial charge >= 0.3 is 0 Å². The van der Waals surface area contributed by atoms with Gasteiger partial charge in [0.2, 0.25) is 0 Å². The lowest BCUT2D eigenvalue weighted by atomic mass is 10.0. The minimum absolute atomic E-state index is 0. The Morgan fingerprint density at radius 3 is 2.78 bits per heavy atom. The summed E-state index contributed by atoms with van der Waals surface area (Å²) in [5.41, 5.74) is 4.07. The molecule has 0 bridgehead atoms. The summed E-state index contributed by atoms with van der Waals surface area (Å²) in [5, 5.41) is 6.85. The molecule has 23 heavy (non-hydrogen) atoms. The number of benzene rings is 1. The van der Waals surface area contributed by atoms with Gasteiger partial charge in [0, 0.05) is 13.6 Å². The van der Waals surface area contributed by atoms with Crippen LogP contribution in [0.2, 0.25) is 0 Å². The zero-order valence-electron chi connectivity index (χ0n) is 14.3. The van der Waals surface area contributed by atoms with Gasteiger partial charge in [0.05, 0.1) is 19.3 Å². The highest BCUT2D eigenvalue weighted by Gasteiger charge is 2.10. The van der Waals surface area contributed by atoms with Crippen molar-refractivity contribution in [3.63, 3.8) is 0 Å². The fraction of sp³-hybridized carbons (Fsp3) is 0.500. The average Bonchev–Trinajstić information content (AvgIpc) is 2.55. The van der Waals surface area contributed by atoms with Crippen LogP contribution >= 0.6 is 24.0 Å². The zero-order chi connectivity index (χ0) is 15.8. The number of aryl methyl sites for hydroxylation is 1. The summed E-state index contributed by atoms with van der Waals surface area (Å²) >= 11 is 0. The van der Waals surface area contributed by atoms with E-state index in [2.05, 4.69) is 59.8 Å². The van der Waals surface area contributed by atoms with Gasteiger partial charge in [-0.15, -0.1) is 24.0 Å². The largest absolute Gasteiger partial charge is 0.377 e. The van der Waals surface area contributed by atoms with Crippen LogP contribution in [0.1, 0.15) is 36.9 Å². The number of nitrogens with zero attached hydrogens (tertiary/aromatic N) is 1. The molecular formula is C18H28IN3O. The molecule has 1 atom stereocenters. The van der Waals surface area contributed by atoms with E-state index in [1.807, 2.05) is 7.05 Å². The highest BCUT2D eigenvalue weighted by molar-refractivity contribution is 14.0. The molecule has 0 radical (unpaired) electrons. The first-order chi connectivity index (χ1) is 10.7. The predicted molar refractivity (Wildman–Crippen MR) is 108 cm³/mol. The van der Waals surface area contributed by atoms with Crippen molar-refractivity contribution in [3.8, 4) is 0 Å². The van der Waals surface area contributed by atoms with Crippen LogP contribution in [0.25, 0.3) is 0 Å². The van der Waals surface area contributed by atoms with Gasteiger partial charge in [-0.2, -0.15) is 0 Å². The summed E-state index contributed by atoms with van der Waals surface area (Å²) in [6.07, 6.45) is 4.29. The zero-order valence-corrected chi connectivity index (χ0v) is 16.6. The standard InChI is InChI=1S/C18H27N3O.HI/c1-14-6-4-5-7-17(14)15(2)21-18(19-3)20-11-8-16-9-12-22-13-10-16;/h4-7,9,15H,8,10-13H2,1-3H3,(H2,19,20,21);1H. The number of hydrogen-bond donors (Lipinski definition) is 2. The third-order valence-electron chi connectivity index (χ3n) is 4.03. The van der Waals surface area contributed by atoms with Crippen LogP contribution < -0.4 is 10.6 Å². The summed E-state index contributed by atoms with van der Waals surface area (Å²) < 4.78 is 5.33. The molecule has 2 N–H and O–H groups in total. The fourth-order valence-corrected chi connectivity index (χ4v) is 2.68. The molecule has 128 valence electrons. The molecule has 0 spiro atoms. The Balaban J connectivity index is 0.00000264. The maximum Gasteiger partial charge on any atom is 0.191 e. The Bertz CT molecular complexity index is 543. The first-order valence-electron chi connectivity index (χ1n) is 7.99. The maximum absolute atomic E-state index is 5.33. The molecule has 0 aliphatic carbocycles. The van der Waals surface area contributed by atoms with E-state index in [1.54, 1.807) is 0 Å². The summed E-state index contributed by atoms with van der Waals surface area (Å²) in [4.78, 5) is 4.32. The monoisotopic (exact) mass is 429 g/mol. The Morgan fingerprint density at radius 1 is 1.35 bits per heavy atom. The lowest BCUT2D eigenvalue weighted by molar-refractivity contribution is 0.153. The molecule has 5 heteroatoms. The van der Waals surface area contributed by atoms with E-state index in [-0.39, 0.29) is 30.0 Å². The summed E-state index contributed by atoms with van der Waals surface area (Å²) in [7, 11) is 1.81. The van der Waals surface area contributed by atoms with Crippen LogP contribution in [0.3, 0.4) is 0 Å². The maximum atomic E-state index is 5.33. The molecule has 1 unspecified atom stereocenters. The molecule has 0 saturated heterocycles. The Kier molecular flexibility index (Phi) is 9.24. The summed E-state index contributed by atoms with van der Waals surface area (Å²) in [5.74, 6) is 0.850. The number of guanidine groups is 1. The van der Waals surface area contributed by atoms with Crippen molar-refractivity contribution in [1.82, 2.24) is 10.6 Å². The van der Waals surface area contributed by atoms with Crippen molar-refractivity contribution in [2.75, 3.05) is 26.8 Å². The SMILES string of the molecule is CN=C(NCCC1=CCOCC1)NC(C)c1ccccc1C.I. The molecule has 1 aliphatic heterocycles. The molecule has 1 aromatic rings. The van der Waals surface area contributed by atoms with Gasteiger partial charge in [-0.3, -0.25) is 4.99 Å². The Hall–Kier alpha value is -1.08. The van der Waals surface area contributed by atoms with Crippen molar-refractivity contribution < 1.29 is 4.74 Å². The minimum atomic E-state index is 0. The van der Waals surface area contributed by atoms with E-state index in [9.17, 15) is 0 Å². The van der Waals surface area contributed by atoms with E-state index in [0.29, 0.717) is 0 Å². The van der Waals surface area contributed by atoms with Gasteiger partial charge in [-0.25, -0.2) is 0 Å². The highest BCUT2D eigenvalue weighted by atomic mass is 127. The first kappa shape index (κ1) is 20.0. The first-order valence-corrected chi connectivity index (χ1v) is 7.99. The quantitative estimate of drug-likeness (QED) is 0.326. The number of ether oxygens (including phenoxy) is 1. The number of hydrogen-bond acceptors (Lipinski definition) is 2. The Morgan fingerprint density at radius 2 is 2.13 bits per heavy atom. The summed E-state index contributed by atoms with van der Waals surface area (Å²) in [6.45, 7) is 6.80. The van der Waals surface area contributed by atoms with Crippen molar-refractivity contribution in [1.29, 1.82) is 0 Å². The van der Waals surface area contributed by atoms with Crippen LogP contribution in [0.4, 0.5) is 0 Å². The molecule has 1 heterocycles. The molecular weight excluding hydrogens is 401 g/mol. The molecule has 0 amide bonds.